The number of carbonyl (C=O) groups is 1. The number of nitrogens with two attached hydrogens (primary N) is 1. The number of ether oxygens (including phenoxy) is 1. The molecule has 2 N–H and O–H groups in total. The number of hydrogen-bond acceptors (Lipinski definition) is 6. The number of hydrogen-bond donors (Lipinski definition) is 1. The second-order valence-corrected chi connectivity index (χ2v) is 9.96. The molecule has 0 radical (unpaired) electrons. The number of piperidine rings is 1. The molecular weight excluding hydrogens is 480 g/mol. The number of pyridine rings is 1. The number of carbonyl (C=O) groups excluding carboxylic acids is 1. The number of nitrogen functional groups attached to an aromatic ring is 1. The number of aromatic nitrogens is 4. The third kappa shape index (κ3) is 3.34. The third-order valence-corrected chi connectivity index (χ3v) is 6.76. The zero-order chi connectivity index (χ0) is 25.6. The van der Waals surface area contributed by atoms with Crippen LogP contribution in [0.5, 0.6) is 5.88 Å². The summed E-state index contributed by atoms with van der Waals surface area (Å²) in [5.74, 6) is -1.39. The summed E-state index contributed by atoms with van der Waals surface area (Å²) in [5.41, 5.74) is 5.80. The summed E-state index contributed by atoms with van der Waals surface area (Å²) in [6.07, 6.45) is -1.76. The highest BCUT2D eigenvalue weighted by Crippen LogP contribution is 2.49. The van der Waals surface area contributed by atoms with Crippen LogP contribution in [0.4, 0.5) is 23.4 Å². The molecule has 2 aliphatic rings. The summed E-state index contributed by atoms with van der Waals surface area (Å²) in [4.78, 5) is 27.2. The molecule has 4 aromatic rings. The predicted molar refractivity (Wildman–Crippen MR) is 121 cm³/mol. The molecule has 1 fully saturated rings. The Kier molecular flexibility index (Phi) is 4.55. The monoisotopic (exact) mass is 500 g/mol. The molecule has 1 amide bonds. The molecular formula is C24H20F4N6O2. The highest BCUT2D eigenvalue weighted by Gasteiger charge is 2.50. The number of alkyl halides is 3. The van der Waals surface area contributed by atoms with Crippen LogP contribution in [0.2, 0.25) is 0 Å². The normalized spacial score (nSPS) is 20.9. The number of nitrogens with zero attached hydrogens (tertiary/aromatic N) is 5. The summed E-state index contributed by atoms with van der Waals surface area (Å²) in [5, 5.41) is 0. The molecule has 2 atom stereocenters. The van der Waals surface area contributed by atoms with Gasteiger partial charge >= 0.3 is 6.18 Å². The lowest BCUT2D eigenvalue weighted by atomic mass is 9.78. The van der Waals surface area contributed by atoms with Gasteiger partial charge < -0.3 is 15.4 Å². The SMILES string of the molecule is CC1(C)CC2Oc3nc(C(F)(F)F)ccc3C2N(C(=O)c2cc3c(cc2F)nc(N)c2cncn23)C1. The first-order valence-electron chi connectivity index (χ1n) is 11.2. The molecule has 0 aliphatic carbocycles. The molecule has 0 spiro atoms. The van der Waals surface area contributed by atoms with Gasteiger partial charge in [0.05, 0.1) is 35.2 Å². The van der Waals surface area contributed by atoms with Crippen molar-refractivity contribution < 1.29 is 27.1 Å². The Balaban J connectivity index is 1.46. The van der Waals surface area contributed by atoms with Gasteiger partial charge in [-0.1, -0.05) is 13.8 Å². The van der Waals surface area contributed by atoms with Crippen molar-refractivity contribution in [2.75, 3.05) is 12.3 Å². The van der Waals surface area contributed by atoms with Crippen LogP contribution >= 0.6 is 0 Å². The standard InChI is InChI=1S/C24H20F4N6O2/c1-23(2)7-17-19(11-3-4-18(24(26,27)28)32-21(11)36-17)33(9-23)22(35)12-5-15-14(6-13(12)25)31-20(29)16-8-30-10-34(15)16/h3-6,8,10,17,19H,7,9H2,1-2H3,(H2,29,31). The van der Waals surface area contributed by atoms with E-state index in [1.165, 1.54) is 29.6 Å². The van der Waals surface area contributed by atoms with E-state index >= 15 is 4.39 Å². The van der Waals surface area contributed by atoms with E-state index in [9.17, 15) is 18.0 Å². The van der Waals surface area contributed by atoms with E-state index in [2.05, 4.69) is 15.0 Å². The minimum absolute atomic E-state index is 0.158. The van der Waals surface area contributed by atoms with Gasteiger partial charge in [0.1, 0.15) is 28.9 Å². The largest absolute Gasteiger partial charge is 0.471 e. The van der Waals surface area contributed by atoms with Gasteiger partial charge in [-0.05, 0) is 30.0 Å². The van der Waals surface area contributed by atoms with Crippen LogP contribution in [0.1, 0.15) is 47.9 Å². The molecule has 1 saturated heterocycles. The first-order valence-corrected chi connectivity index (χ1v) is 11.2. The van der Waals surface area contributed by atoms with Gasteiger partial charge in [-0.3, -0.25) is 9.20 Å². The van der Waals surface area contributed by atoms with Crippen LogP contribution in [0, 0.1) is 11.2 Å². The number of benzene rings is 1. The fraction of sp³-hybridized carbons (Fsp3) is 0.333. The van der Waals surface area contributed by atoms with E-state index in [0.717, 1.165) is 12.1 Å². The molecule has 6 rings (SSSR count). The number of fused-ring (bicyclic) bond motifs is 6. The van der Waals surface area contributed by atoms with E-state index in [0.29, 0.717) is 23.0 Å². The summed E-state index contributed by atoms with van der Waals surface area (Å²) < 4.78 is 62.4. The number of rotatable bonds is 1. The highest BCUT2D eigenvalue weighted by molar-refractivity contribution is 5.99. The number of amides is 1. The molecule has 5 heterocycles. The fourth-order valence-electron chi connectivity index (χ4n) is 5.24. The Morgan fingerprint density at radius 1 is 1.19 bits per heavy atom. The van der Waals surface area contributed by atoms with Gasteiger partial charge in [0.25, 0.3) is 5.91 Å². The van der Waals surface area contributed by atoms with Crippen molar-refractivity contribution in [1.82, 2.24) is 24.3 Å². The number of imidazole rings is 1. The van der Waals surface area contributed by atoms with E-state index in [1.54, 1.807) is 4.40 Å². The van der Waals surface area contributed by atoms with Crippen LogP contribution in [-0.2, 0) is 6.18 Å². The average molecular weight is 500 g/mol. The van der Waals surface area contributed by atoms with Gasteiger partial charge in [0.15, 0.2) is 0 Å². The molecule has 8 nitrogen and oxygen atoms in total. The first-order chi connectivity index (χ1) is 16.9. The molecule has 0 bridgehead atoms. The van der Waals surface area contributed by atoms with Crippen LogP contribution < -0.4 is 10.5 Å². The van der Waals surface area contributed by atoms with Crippen molar-refractivity contribution in [3.8, 4) is 5.88 Å². The Morgan fingerprint density at radius 2 is 1.97 bits per heavy atom. The number of likely N-dealkylation sites (tertiary alicyclic amines) is 1. The molecule has 12 heteroatoms. The maximum absolute atomic E-state index is 15.3. The average Bonchev–Trinajstić information content (AvgIpc) is 3.41. The lowest BCUT2D eigenvalue weighted by Gasteiger charge is -2.44. The van der Waals surface area contributed by atoms with Crippen molar-refractivity contribution in [3.05, 3.63) is 59.4 Å². The Labute approximate surface area is 201 Å². The topological polar surface area (TPSA) is 98.6 Å². The molecule has 2 aliphatic heterocycles. The molecule has 3 aromatic heterocycles. The summed E-state index contributed by atoms with van der Waals surface area (Å²) in [6, 6.07) is 3.99. The molecule has 1 aromatic carbocycles. The van der Waals surface area contributed by atoms with Crippen molar-refractivity contribution in [3.63, 3.8) is 0 Å². The van der Waals surface area contributed by atoms with E-state index in [1.807, 2.05) is 13.8 Å². The van der Waals surface area contributed by atoms with E-state index in [4.69, 9.17) is 10.5 Å². The van der Waals surface area contributed by atoms with E-state index in [-0.39, 0.29) is 29.3 Å². The van der Waals surface area contributed by atoms with Gasteiger partial charge in [-0.25, -0.2) is 19.3 Å². The van der Waals surface area contributed by atoms with Crippen LogP contribution in [0.25, 0.3) is 16.6 Å². The van der Waals surface area contributed by atoms with E-state index < -0.39 is 41.2 Å². The molecule has 186 valence electrons. The second-order valence-electron chi connectivity index (χ2n) is 9.96. The Hall–Kier alpha value is -3.96. The van der Waals surface area contributed by atoms with Crippen LogP contribution in [0.3, 0.4) is 0 Å². The van der Waals surface area contributed by atoms with Crippen LogP contribution in [-0.4, -0.2) is 42.8 Å². The summed E-state index contributed by atoms with van der Waals surface area (Å²) in [6.45, 7) is 4.08. The quantitative estimate of drug-likeness (QED) is 0.389. The van der Waals surface area contributed by atoms with Gasteiger partial charge in [-0.15, -0.1) is 0 Å². The maximum Gasteiger partial charge on any atom is 0.433 e. The highest BCUT2D eigenvalue weighted by atomic mass is 19.4. The minimum atomic E-state index is -4.63. The molecule has 0 saturated carbocycles. The zero-order valence-electron chi connectivity index (χ0n) is 19.2. The first kappa shape index (κ1) is 22.5. The van der Waals surface area contributed by atoms with Gasteiger partial charge in [-0.2, -0.15) is 13.2 Å². The minimum Gasteiger partial charge on any atom is -0.471 e. The Bertz CT molecular complexity index is 1560. The molecule has 36 heavy (non-hydrogen) atoms. The number of anilines is 1. The van der Waals surface area contributed by atoms with Crippen molar-refractivity contribution in [1.29, 1.82) is 0 Å². The van der Waals surface area contributed by atoms with Crippen molar-refractivity contribution >= 4 is 28.3 Å². The lowest BCUT2D eigenvalue weighted by Crippen LogP contribution is -2.51. The summed E-state index contributed by atoms with van der Waals surface area (Å²) >= 11 is 0. The fourth-order valence-corrected chi connectivity index (χ4v) is 5.24. The van der Waals surface area contributed by atoms with Crippen LogP contribution in [0.15, 0.2) is 36.8 Å². The predicted octanol–water partition coefficient (Wildman–Crippen LogP) is 4.39. The second kappa shape index (κ2) is 7.28. The van der Waals surface area contributed by atoms with Crippen molar-refractivity contribution in [2.45, 2.75) is 38.6 Å². The lowest BCUT2D eigenvalue weighted by molar-refractivity contribution is -0.141. The zero-order valence-corrected chi connectivity index (χ0v) is 19.2. The maximum atomic E-state index is 15.3. The third-order valence-electron chi connectivity index (χ3n) is 6.76. The Morgan fingerprint density at radius 3 is 2.72 bits per heavy atom. The smallest absolute Gasteiger partial charge is 0.433 e. The summed E-state index contributed by atoms with van der Waals surface area (Å²) in [7, 11) is 0. The van der Waals surface area contributed by atoms with Gasteiger partial charge in [0, 0.05) is 18.2 Å². The van der Waals surface area contributed by atoms with Gasteiger partial charge in [0.2, 0.25) is 5.88 Å². The molecule has 2 unspecified atom stereocenters. The van der Waals surface area contributed by atoms with Crippen molar-refractivity contribution in [2.24, 2.45) is 5.41 Å². The number of halogens is 4.